The number of anilines is 1. The third kappa shape index (κ3) is 5.18. The number of aromatic amines is 1. The monoisotopic (exact) mass is 797 g/mol. The van der Waals surface area contributed by atoms with Crippen LogP contribution in [0.15, 0.2) is 53.3 Å². The zero-order chi connectivity index (χ0) is 41.1. The lowest BCUT2D eigenvalue weighted by Crippen LogP contribution is -2.77. The summed E-state index contributed by atoms with van der Waals surface area (Å²) in [6.45, 7) is 9.53. The predicted molar refractivity (Wildman–Crippen MR) is 217 cm³/mol. The van der Waals surface area contributed by atoms with Crippen LogP contribution in [0.4, 0.5) is 5.69 Å². The van der Waals surface area contributed by atoms with Crippen LogP contribution < -0.4 is 5.73 Å². The SMILES string of the molecule is CCC1=C[C@H]2CN(C1)Cc1c([nH]c3ccc(N)cc13)[C@@](C(=O)OC)(C1C=C3C(=CC1OC)N(C)[C@H]1[C@@](O)(C(=O)OC)[C@H](OC(C)=O)C4[C@@H](CC)CCN5CC[C@]31[C@H]45)C2. The van der Waals surface area contributed by atoms with Gasteiger partial charge in [-0.3, -0.25) is 19.4 Å². The number of nitrogens with two attached hydrogens (primary N) is 1. The second kappa shape index (κ2) is 14.0. The maximum Gasteiger partial charge on any atom is 0.344 e. The number of piperidine rings is 1. The first-order valence-corrected chi connectivity index (χ1v) is 21.1. The smallest absolute Gasteiger partial charge is 0.344 e. The molecule has 312 valence electrons. The van der Waals surface area contributed by atoms with Crippen molar-refractivity contribution in [2.24, 2.45) is 29.1 Å². The van der Waals surface area contributed by atoms with Gasteiger partial charge in [-0.25, -0.2) is 4.79 Å². The van der Waals surface area contributed by atoms with Crippen molar-refractivity contribution in [2.45, 2.75) is 94.7 Å². The number of nitrogens with one attached hydrogen (secondary N) is 1. The lowest BCUT2D eigenvalue weighted by molar-refractivity contribution is -0.238. The zero-order valence-electron chi connectivity index (χ0n) is 34.9. The fourth-order valence-electron chi connectivity index (χ4n) is 13.5. The topological polar surface area (TPSA) is 160 Å². The molecule has 4 N–H and O–H groups in total. The Labute approximate surface area is 340 Å². The number of carbonyl (C=O) groups is 3. The van der Waals surface area contributed by atoms with Crippen LogP contribution >= 0.6 is 0 Å². The summed E-state index contributed by atoms with van der Waals surface area (Å²) < 4.78 is 24.1. The summed E-state index contributed by atoms with van der Waals surface area (Å²) in [7, 11) is 6.34. The molecule has 9 rings (SSSR count). The summed E-state index contributed by atoms with van der Waals surface area (Å²) in [5.41, 5.74) is 8.76. The number of nitrogens with zero attached hydrogens (tertiary/aromatic N) is 3. The van der Waals surface area contributed by atoms with Gasteiger partial charge < -0.3 is 39.7 Å². The van der Waals surface area contributed by atoms with E-state index in [2.05, 4.69) is 46.9 Å². The van der Waals surface area contributed by atoms with Crippen molar-refractivity contribution in [1.29, 1.82) is 0 Å². The number of rotatable bonds is 7. The third-order valence-corrected chi connectivity index (χ3v) is 15.6. The number of methoxy groups -OCH3 is 3. The Bertz CT molecular complexity index is 2140. The number of benzene rings is 1. The van der Waals surface area contributed by atoms with Crippen LogP contribution in [0.2, 0.25) is 0 Å². The number of allylic oxidation sites excluding steroid dienone is 1. The summed E-state index contributed by atoms with van der Waals surface area (Å²) >= 11 is 0. The number of aliphatic hydroxyl groups is 1. The molecular weight excluding hydrogens is 739 g/mol. The van der Waals surface area contributed by atoms with Gasteiger partial charge in [0, 0.05) is 92.0 Å². The second-order valence-corrected chi connectivity index (χ2v) is 18.1. The molecule has 5 aliphatic heterocycles. The molecule has 1 spiro atoms. The third-order valence-electron chi connectivity index (χ3n) is 15.6. The van der Waals surface area contributed by atoms with Gasteiger partial charge >= 0.3 is 17.9 Å². The fraction of sp³-hybridized carbons (Fsp3) is 0.622. The standard InChI is InChI=1S/C45H59N5O8/c1-8-25-16-26-20-44(41(52)56-6,37-30(23-49(21-25)22-26)29-17-28(46)10-11-33(29)47-37)32-18-31-34(19-35(32)55-5)48(4)40-43(31)13-15-50-14-12-27(9-2)36(38(43)50)39(58-24(3)51)45(40,54)42(53)57-7/h10-11,16-19,26-27,32,35-36,38-40,47,54H,8-9,12-15,20-23,46H2,1-7H3/t26-,27+,32?,35?,36?,38+,39-,40-,43-,44+,45-/m1/s1. The Morgan fingerprint density at radius 2 is 1.81 bits per heavy atom. The van der Waals surface area contributed by atoms with Crippen LogP contribution in [-0.2, 0) is 45.3 Å². The summed E-state index contributed by atoms with van der Waals surface area (Å²) in [6.07, 6.45) is 8.66. The van der Waals surface area contributed by atoms with Crippen molar-refractivity contribution < 1.29 is 38.4 Å². The van der Waals surface area contributed by atoms with Gasteiger partial charge in [0.15, 0.2) is 0 Å². The van der Waals surface area contributed by atoms with E-state index >= 15 is 4.79 Å². The van der Waals surface area contributed by atoms with Crippen LogP contribution in [0.1, 0.15) is 64.1 Å². The van der Waals surface area contributed by atoms with Crippen molar-refractivity contribution in [3.8, 4) is 0 Å². The van der Waals surface area contributed by atoms with Gasteiger partial charge in [0.1, 0.15) is 11.5 Å². The Morgan fingerprint density at radius 1 is 1.03 bits per heavy atom. The largest absolute Gasteiger partial charge is 0.468 e. The molecule has 6 heterocycles. The van der Waals surface area contributed by atoms with Gasteiger partial charge in [0.2, 0.25) is 5.60 Å². The van der Waals surface area contributed by atoms with Gasteiger partial charge in [-0.2, -0.15) is 0 Å². The lowest BCUT2D eigenvalue weighted by atomic mass is 9.50. The number of nitrogen functional groups attached to an aromatic ring is 1. The summed E-state index contributed by atoms with van der Waals surface area (Å²) in [6, 6.07) is 4.88. The van der Waals surface area contributed by atoms with Crippen molar-refractivity contribution in [2.75, 3.05) is 60.3 Å². The fourth-order valence-corrected chi connectivity index (χ4v) is 13.5. The number of esters is 3. The van der Waals surface area contributed by atoms with E-state index in [9.17, 15) is 14.7 Å². The highest BCUT2D eigenvalue weighted by Gasteiger charge is 2.79. The average molecular weight is 798 g/mol. The molecule has 7 aliphatic rings. The van der Waals surface area contributed by atoms with E-state index in [1.165, 1.54) is 26.7 Å². The molecule has 4 unspecified atom stereocenters. The molecule has 13 nitrogen and oxygen atoms in total. The number of fused-ring (bicyclic) bond motifs is 6. The molecule has 3 saturated heterocycles. The molecule has 2 aliphatic carbocycles. The number of hydrogen-bond donors (Lipinski definition) is 3. The first kappa shape index (κ1) is 39.3. The maximum absolute atomic E-state index is 15.2. The van der Waals surface area contributed by atoms with Gasteiger partial charge in [-0.15, -0.1) is 0 Å². The summed E-state index contributed by atoms with van der Waals surface area (Å²) in [5, 5.41) is 14.3. The highest BCUT2D eigenvalue weighted by molar-refractivity contribution is 5.93. The van der Waals surface area contributed by atoms with E-state index in [0.717, 1.165) is 78.9 Å². The van der Waals surface area contributed by atoms with Crippen molar-refractivity contribution >= 4 is 34.5 Å². The van der Waals surface area contributed by atoms with E-state index in [4.69, 9.17) is 24.7 Å². The number of H-pyrrole nitrogens is 1. The quantitative estimate of drug-likeness (QED) is 0.160. The maximum atomic E-state index is 15.2. The van der Waals surface area contributed by atoms with Gasteiger partial charge in [0.25, 0.3) is 0 Å². The molecule has 0 radical (unpaired) electrons. The van der Waals surface area contributed by atoms with Crippen LogP contribution in [0.5, 0.6) is 0 Å². The Balaban J connectivity index is 1.32. The zero-order valence-corrected chi connectivity index (χ0v) is 34.9. The van der Waals surface area contributed by atoms with Crippen molar-refractivity contribution in [3.63, 3.8) is 0 Å². The molecular formula is C45H59N5O8. The summed E-state index contributed by atoms with van der Waals surface area (Å²) in [5.74, 6) is -2.52. The first-order valence-electron chi connectivity index (χ1n) is 21.1. The van der Waals surface area contributed by atoms with Crippen LogP contribution in [0.3, 0.4) is 0 Å². The van der Waals surface area contributed by atoms with Crippen LogP contribution in [0, 0.1) is 29.1 Å². The molecule has 2 bridgehead atoms. The van der Waals surface area contributed by atoms with E-state index in [1.807, 2.05) is 30.1 Å². The van der Waals surface area contributed by atoms with Crippen molar-refractivity contribution in [3.05, 3.63) is 64.5 Å². The molecule has 4 fully saturated rings. The lowest BCUT2D eigenvalue weighted by Gasteiger charge is -2.61. The molecule has 12 atom stereocenters. The highest BCUT2D eigenvalue weighted by atomic mass is 16.6. The molecule has 58 heavy (non-hydrogen) atoms. The van der Waals surface area contributed by atoms with Gasteiger partial charge in [0.05, 0.1) is 26.4 Å². The van der Waals surface area contributed by atoms with Crippen molar-refractivity contribution in [1.82, 2.24) is 19.7 Å². The second-order valence-electron chi connectivity index (χ2n) is 18.1. The molecule has 1 aromatic heterocycles. The van der Waals surface area contributed by atoms with E-state index in [1.54, 1.807) is 7.11 Å². The van der Waals surface area contributed by atoms with Crippen LogP contribution in [-0.4, -0.2) is 127 Å². The molecule has 1 aromatic carbocycles. The van der Waals surface area contributed by atoms with Gasteiger partial charge in [-0.1, -0.05) is 38.0 Å². The normalized spacial score (nSPS) is 38.9. The van der Waals surface area contributed by atoms with E-state index in [0.29, 0.717) is 25.1 Å². The van der Waals surface area contributed by atoms with E-state index in [-0.39, 0.29) is 29.8 Å². The number of likely N-dealkylation sites (N-methyl/N-ethyl adjacent to an activating group) is 1. The molecule has 2 aromatic rings. The predicted octanol–water partition coefficient (Wildman–Crippen LogP) is 4.06. The molecule has 1 saturated carbocycles. The Kier molecular flexibility index (Phi) is 9.46. The summed E-state index contributed by atoms with van der Waals surface area (Å²) in [4.78, 5) is 53.3. The first-order chi connectivity index (χ1) is 27.8. The van der Waals surface area contributed by atoms with E-state index < -0.39 is 52.5 Å². The minimum Gasteiger partial charge on any atom is -0.468 e. The average Bonchev–Trinajstić information content (AvgIpc) is 3.86. The van der Waals surface area contributed by atoms with Gasteiger partial charge in [-0.05, 0) is 86.0 Å². The molecule has 0 amide bonds. The highest BCUT2D eigenvalue weighted by Crippen LogP contribution is 2.68. The Hall–Kier alpha value is -4.17. The Morgan fingerprint density at radius 3 is 2.50 bits per heavy atom. The number of hydrogen-bond acceptors (Lipinski definition) is 12. The minimum atomic E-state index is -2.20. The number of aromatic nitrogens is 1. The van der Waals surface area contributed by atoms with Crippen LogP contribution in [0.25, 0.3) is 10.9 Å². The number of carbonyl (C=O) groups excluding carboxylic acids is 3. The number of ether oxygens (including phenoxy) is 4. The number of likely N-dealkylation sites (tertiary alicyclic amines) is 1. The minimum absolute atomic E-state index is 0.0458. The molecule has 13 heteroatoms.